The summed E-state index contributed by atoms with van der Waals surface area (Å²) < 4.78 is 5.64. The fourth-order valence-electron chi connectivity index (χ4n) is 3.00. The van der Waals surface area contributed by atoms with Gasteiger partial charge in [0.25, 0.3) is 0 Å². The largest absolute Gasteiger partial charge is 0.376 e. The van der Waals surface area contributed by atoms with Crippen LogP contribution in [0.1, 0.15) is 43.7 Å². The van der Waals surface area contributed by atoms with Crippen molar-refractivity contribution in [3.8, 4) is 0 Å². The summed E-state index contributed by atoms with van der Waals surface area (Å²) in [7, 11) is 0. The van der Waals surface area contributed by atoms with Crippen LogP contribution in [-0.4, -0.2) is 29.2 Å². The van der Waals surface area contributed by atoms with Gasteiger partial charge < -0.3 is 15.4 Å². The average molecular weight is 326 g/mol. The molecule has 1 aromatic carbocycles. The van der Waals surface area contributed by atoms with Gasteiger partial charge in [0.15, 0.2) is 0 Å². The molecule has 128 valence electrons. The molecule has 0 amide bonds. The van der Waals surface area contributed by atoms with Crippen molar-refractivity contribution in [2.45, 2.75) is 45.6 Å². The Labute approximate surface area is 143 Å². The summed E-state index contributed by atoms with van der Waals surface area (Å²) in [4.78, 5) is 8.94. The summed E-state index contributed by atoms with van der Waals surface area (Å²) in [5, 5.41) is 6.75. The van der Waals surface area contributed by atoms with E-state index < -0.39 is 0 Å². The summed E-state index contributed by atoms with van der Waals surface area (Å²) >= 11 is 0. The second kappa shape index (κ2) is 7.62. The van der Waals surface area contributed by atoms with E-state index in [0.29, 0.717) is 18.0 Å². The Bertz CT molecular complexity index is 681. The Morgan fingerprint density at radius 3 is 2.92 bits per heavy atom. The number of hydrogen-bond acceptors (Lipinski definition) is 5. The molecular weight excluding hydrogens is 300 g/mol. The van der Waals surface area contributed by atoms with Gasteiger partial charge in [0.05, 0.1) is 6.10 Å². The maximum Gasteiger partial charge on any atom is 0.229 e. The van der Waals surface area contributed by atoms with Crippen molar-refractivity contribution in [3.63, 3.8) is 0 Å². The second-order valence-electron chi connectivity index (χ2n) is 6.60. The van der Waals surface area contributed by atoms with E-state index in [4.69, 9.17) is 4.74 Å². The lowest BCUT2D eigenvalue weighted by atomic mass is 9.98. The average Bonchev–Trinajstić information content (AvgIpc) is 3.08. The lowest BCUT2D eigenvalue weighted by molar-refractivity contribution is 0.120. The highest BCUT2D eigenvalue weighted by Crippen LogP contribution is 2.29. The molecule has 1 fully saturated rings. The lowest BCUT2D eigenvalue weighted by Gasteiger charge is -2.17. The summed E-state index contributed by atoms with van der Waals surface area (Å²) in [6.45, 7) is 8.15. The van der Waals surface area contributed by atoms with Crippen LogP contribution in [0.15, 0.2) is 30.5 Å². The van der Waals surface area contributed by atoms with Crippen molar-refractivity contribution in [1.29, 1.82) is 0 Å². The number of nitrogens with one attached hydrogen (secondary N) is 2. The number of aryl methyl sites for hydroxylation is 1. The van der Waals surface area contributed by atoms with Crippen LogP contribution in [0.25, 0.3) is 0 Å². The Hall–Kier alpha value is -2.14. The number of nitrogens with zero attached hydrogens (tertiary/aromatic N) is 2. The second-order valence-corrected chi connectivity index (χ2v) is 6.60. The molecule has 5 heteroatoms. The molecule has 1 saturated heterocycles. The van der Waals surface area contributed by atoms with Gasteiger partial charge in [0.1, 0.15) is 5.82 Å². The summed E-state index contributed by atoms with van der Waals surface area (Å²) in [5.74, 6) is 1.87. The number of rotatable bonds is 6. The van der Waals surface area contributed by atoms with Crippen molar-refractivity contribution in [3.05, 3.63) is 41.6 Å². The van der Waals surface area contributed by atoms with Gasteiger partial charge >= 0.3 is 0 Å². The number of ether oxygens (including phenoxy) is 1. The zero-order chi connectivity index (χ0) is 16.9. The number of anilines is 3. The Balaban J connectivity index is 1.73. The van der Waals surface area contributed by atoms with Gasteiger partial charge in [-0.2, -0.15) is 4.98 Å². The fraction of sp³-hybridized carbons (Fsp3) is 0.474. The van der Waals surface area contributed by atoms with Crippen molar-refractivity contribution >= 4 is 17.5 Å². The van der Waals surface area contributed by atoms with Crippen molar-refractivity contribution in [2.75, 3.05) is 23.8 Å². The monoisotopic (exact) mass is 326 g/mol. The minimum absolute atomic E-state index is 0.292. The molecule has 1 unspecified atom stereocenters. The first-order valence-corrected chi connectivity index (χ1v) is 8.68. The van der Waals surface area contributed by atoms with Crippen LogP contribution < -0.4 is 10.6 Å². The predicted molar refractivity (Wildman–Crippen MR) is 98.0 cm³/mol. The van der Waals surface area contributed by atoms with Gasteiger partial charge in [-0.1, -0.05) is 32.0 Å². The molecule has 0 spiro atoms. The molecule has 2 heterocycles. The van der Waals surface area contributed by atoms with Crippen LogP contribution in [0.5, 0.6) is 0 Å². The van der Waals surface area contributed by atoms with Gasteiger partial charge in [-0.25, -0.2) is 4.98 Å². The molecule has 5 nitrogen and oxygen atoms in total. The quantitative estimate of drug-likeness (QED) is 0.831. The SMILES string of the molecule is Cc1cccc(C(C)C)c1Nc1nccc(NCC2CCCO2)n1. The smallest absolute Gasteiger partial charge is 0.229 e. The van der Waals surface area contributed by atoms with E-state index in [-0.39, 0.29) is 0 Å². The number of benzene rings is 1. The van der Waals surface area contributed by atoms with Crippen LogP contribution in [0.4, 0.5) is 17.5 Å². The lowest BCUT2D eigenvalue weighted by Crippen LogP contribution is -2.19. The highest BCUT2D eigenvalue weighted by Gasteiger charge is 2.15. The third-order valence-corrected chi connectivity index (χ3v) is 4.35. The van der Waals surface area contributed by atoms with Crippen LogP contribution >= 0.6 is 0 Å². The van der Waals surface area contributed by atoms with Gasteiger partial charge in [0.2, 0.25) is 5.95 Å². The van der Waals surface area contributed by atoms with E-state index in [2.05, 4.69) is 59.6 Å². The van der Waals surface area contributed by atoms with Crippen molar-refractivity contribution < 1.29 is 4.74 Å². The van der Waals surface area contributed by atoms with Crippen LogP contribution in [0.3, 0.4) is 0 Å². The van der Waals surface area contributed by atoms with Crippen molar-refractivity contribution in [1.82, 2.24) is 9.97 Å². The normalized spacial score (nSPS) is 17.2. The summed E-state index contributed by atoms with van der Waals surface area (Å²) in [5.41, 5.74) is 3.57. The fourth-order valence-corrected chi connectivity index (χ4v) is 3.00. The molecule has 24 heavy (non-hydrogen) atoms. The molecule has 0 aliphatic carbocycles. The molecule has 0 radical (unpaired) electrons. The zero-order valence-corrected chi connectivity index (χ0v) is 14.7. The standard InChI is InChI=1S/C19H26N4O/c1-13(2)16-8-4-6-14(3)18(16)23-19-20-10-9-17(22-19)21-12-15-7-5-11-24-15/h4,6,8-10,13,15H,5,7,11-12H2,1-3H3,(H2,20,21,22,23). The van der Waals surface area contributed by atoms with E-state index in [9.17, 15) is 0 Å². The van der Waals surface area contributed by atoms with Crippen LogP contribution in [0, 0.1) is 6.92 Å². The van der Waals surface area contributed by atoms with Crippen LogP contribution in [-0.2, 0) is 4.74 Å². The van der Waals surface area contributed by atoms with Gasteiger partial charge in [-0.15, -0.1) is 0 Å². The highest BCUT2D eigenvalue weighted by atomic mass is 16.5. The first kappa shape index (κ1) is 16.7. The molecule has 0 saturated carbocycles. The molecule has 1 atom stereocenters. The molecule has 2 aromatic rings. The summed E-state index contributed by atoms with van der Waals surface area (Å²) in [6.07, 6.45) is 4.33. The van der Waals surface area contributed by atoms with Gasteiger partial charge in [-0.05, 0) is 42.9 Å². The predicted octanol–water partition coefficient (Wildman–Crippen LogP) is 4.24. The Kier molecular flexibility index (Phi) is 5.30. The number of para-hydroxylation sites is 1. The first-order valence-electron chi connectivity index (χ1n) is 8.68. The molecule has 1 aromatic heterocycles. The zero-order valence-electron chi connectivity index (χ0n) is 14.7. The minimum atomic E-state index is 0.292. The molecule has 1 aliphatic rings. The van der Waals surface area contributed by atoms with Crippen molar-refractivity contribution in [2.24, 2.45) is 0 Å². The molecule has 3 rings (SSSR count). The number of hydrogen-bond donors (Lipinski definition) is 2. The maximum atomic E-state index is 5.64. The van der Waals surface area contributed by atoms with E-state index >= 15 is 0 Å². The number of aromatic nitrogens is 2. The molecule has 1 aliphatic heterocycles. The molecule has 0 bridgehead atoms. The van der Waals surface area contributed by atoms with Gasteiger partial charge in [0, 0.05) is 25.0 Å². The molecular formula is C19H26N4O. The molecule has 2 N–H and O–H groups in total. The summed E-state index contributed by atoms with van der Waals surface area (Å²) in [6, 6.07) is 8.24. The van der Waals surface area contributed by atoms with E-state index in [1.165, 1.54) is 11.1 Å². The van der Waals surface area contributed by atoms with Crippen LogP contribution in [0.2, 0.25) is 0 Å². The maximum absolute atomic E-state index is 5.64. The Morgan fingerprint density at radius 1 is 1.29 bits per heavy atom. The minimum Gasteiger partial charge on any atom is -0.376 e. The van der Waals surface area contributed by atoms with E-state index in [0.717, 1.165) is 37.5 Å². The highest BCUT2D eigenvalue weighted by molar-refractivity contribution is 5.64. The van der Waals surface area contributed by atoms with Gasteiger partial charge in [-0.3, -0.25) is 0 Å². The van der Waals surface area contributed by atoms with E-state index in [1.54, 1.807) is 6.20 Å². The third kappa shape index (κ3) is 4.03. The topological polar surface area (TPSA) is 59.1 Å². The third-order valence-electron chi connectivity index (χ3n) is 4.35. The first-order chi connectivity index (χ1) is 11.6. The Morgan fingerprint density at radius 2 is 2.17 bits per heavy atom. The van der Waals surface area contributed by atoms with E-state index in [1.807, 2.05) is 6.07 Å².